The first kappa shape index (κ1) is 18.6. The number of carbonyl (C=O) groups is 1. The number of benzene rings is 1. The Balaban J connectivity index is 1.92. The number of methoxy groups -OCH3 is 2. The number of aromatic nitrogens is 1. The summed E-state index contributed by atoms with van der Waals surface area (Å²) in [7, 11) is 3.21. The lowest BCUT2D eigenvalue weighted by atomic mass is 10.1. The molecule has 1 aromatic carbocycles. The van der Waals surface area contributed by atoms with Crippen LogP contribution in [-0.2, 0) is 6.42 Å². The zero-order chi connectivity index (χ0) is 18.2. The van der Waals surface area contributed by atoms with Crippen molar-refractivity contribution in [2.75, 3.05) is 26.1 Å². The number of nitrogens with one attached hydrogen (secondary N) is 2. The number of nitrogens with zero attached hydrogens (tertiary/aromatic N) is 1. The van der Waals surface area contributed by atoms with E-state index in [0.29, 0.717) is 36.0 Å². The summed E-state index contributed by atoms with van der Waals surface area (Å²) in [5, 5.41) is 6.08. The largest absolute Gasteiger partial charge is 0.493 e. The van der Waals surface area contributed by atoms with Gasteiger partial charge in [0, 0.05) is 12.6 Å². The number of hydrogen-bond donors (Lipinski definition) is 2. The minimum absolute atomic E-state index is 0.187. The van der Waals surface area contributed by atoms with Gasteiger partial charge in [-0.15, -0.1) is 0 Å². The lowest BCUT2D eigenvalue weighted by Gasteiger charge is -2.11. The molecule has 1 amide bonds. The van der Waals surface area contributed by atoms with Gasteiger partial charge in [-0.1, -0.05) is 12.1 Å². The number of pyridine rings is 1. The molecule has 0 bridgehead atoms. The SMILES string of the molecule is COc1ccc(CCNC(=O)c2cccc(NC(C)C)n2)cc1OC. The fourth-order valence-corrected chi connectivity index (χ4v) is 2.38. The predicted molar refractivity (Wildman–Crippen MR) is 98.6 cm³/mol. The molecule has 134 valence electrons. The molecule has 25 heavy (non-hydrogen) atoms. The summed E-state index contributed by atoms with van der Waals surface area (Å²) in [6.07, 6.45) is 0.691. The minimum atomic E-state index is -0.187. The van der Waals surface area contributed by atoms with Gasteiger partial charge in [0.2, 0.25) is 0 Å². The van der Waals surface area contributed by atoms with Crippen LogP contribution in [0.1, 0.15) is 29.9 Å². The van der Waals surface area contributed by atoms with Gasteiger partial charge in [-0.2, -0.15) is 0 Å². The monoisotopic (exact) mass is 343 g/mol. The van der Waals surface area contributed by atoms with Crippen LogP contribution in [-0.4, -0.2) is 37.7 Å². The quantitative estimate of drug-likeness (QED) is 0.771. The van der Waals surface area contributed by atoms with Gasteiger partial charge in [0.25, 0.3) is 5.91 Å². The average molecular weight is 343 g/mol. The number of hydrogen-bond acceptors (Lipinski definition) is 5. The van der Waals surface area contributed by atoms with Crippen molar-refractivity contribution in [3.05, 3.63) is 47.7 Å². The van der Waals surface area contributed by atoms with Crippen LogP contribution >= 0.6 is 0 Å². The summed E-state index contributed by atoms with van der Waals surface area (Å²) in [5.74, 6) is 1.88. The molecule has 6 heteroatoms. The van der Waals surface area contributed by atoms with Crippen LogP contribution < -0.4 is 20.1 Å². The molecular formula is C19H25N3O3. The molecule has 1 aromatic heterocycles. The Bertz CT molecular complexity index is 717. The number of amides is 1. The molecule has 0 saturated carbocycles. The zero-order valence-corrected chi connectivity index (χ0v) is 15.1. The molecule has 0 aliphatic rings. The molecule has 2 rings (SSSR count). The van der Waals surface area contributed by atoms with Crippen LogP contribution in [0.4, 0.5) is 5.82 Å². The highest BCUT2D eigenvalue weighted by molar-refractivity contribution is 5.92. The van der Waals surface area contributed by atoms with Crippen molar-refractivity contribution >= 4 is 11.7 Å². The van der Waals surface area contributed by atoms with Gasteiger partial charge >= 0.3 is 0 Å². The van der Waals surface area contributed by atoms with E-state index in [1.807, 2.05) is 44.2 Å². The van der Waals surface area contributed by atoms with E-state index in [0.717, 1.165) is 5.56 Å². The van der Waals surface area contributed by atoms with Crippen molar-refractivity contribution < 1.29 is 14.3 Å². The second kappa shape index (κ2) is 8.92. The molecule has 2 aromatic rings. The van der Waals surface area contributed by atoms with E-state index < -0.39 is 0 Å². The van der Waals surface area contributed by atoms with Crippen molar-refractivity contribution in [1.29, 1.82) is 0 Å². The van der Waals surface area contributed by atoms with Crippen molar-refractivity contribution in [2.45, 2.75) is 26.3 Å². The lowest BCUT2D eigenvalue weighted by Crippen LogP contribution is -2.27. The molecule has 0 aliphatic heterocycles. The topological polar surface area (TPSA) is 72.5 Å². The fraction of sp³-hybridized carbons (Fsp3) is 0.368. The number of carbonyl (C=O) groups excluding carboxylic acids is 1. The molecule has 0 aliphatic carbocycles. The van der Waals surface area contributed by atoms with E-state index in [9.17, 15) is 4.79 Å². The Hall–Kier alpha value is -2.76. The molecule has 0 spiro atoms. The van der Waals surface area contributed by atoms with Crippen LogP contribution in [0, 0.1) is 0 Å². The molecular weight excluding hydrogens is 318 g/mol. The average Bonchev–Trinajstić information content (AvgIpc) is 2.61. The first-order chi connectivity index (χ1) is 12.0. The van der Waals surface area contributed by atoms with E-state index in [-0.39, 0.29) is 11.9 Å². The Morgan fingerprint density at radius 3 is 2.56 bits per heavy atom. The maximum atomic E-state index is 12.3. The van der Waals surface area contributed by atoms with Crippen molar-refractivity contribution in [2.24, 2.45) is 0 Å². The van der Waals surface area contributed by atoms with Crippen molar-refractivity contribution in [1.82, 2.24) is 10.3 Å². The first-order valence-electron chi connectivity index (χ1n) is 8.26. The molecule has 1 heterocycles. The van der Waals surface area contributed by atoms with Crippen LogP contribution in [0.25, 0.3) is 0 Å². The Kier molecular flexibility index (Phi) is 6.62. The highest BCUT2D eigenvalue weighted by Gasteiger charge is 2.09. The van der Waals surface area contributed by atoms with E-state index in [4.69, 9.17) is 9.47 Å². The highest BCUT2D eigenvalue weighted by atomic mass is 16.5. The Morgan fingerprint density at radius 2 is 1.88 bits per heavy atom. The summed E-state index contributed by atoms with van der Waals surface area (Å²) < 4.78 is 10.5. The standard InChI is InChI=1S/C19H25N3O3/c1-13(2)21-18-7-5-6-15(22-18)19(23)20-11-10-14-8-9-16(24-3)17(12-14)25-4/h5-9,12-13H,10-11H2,1-4H3,(H,20,23)(H,21,22). The maximum Gasteiger partial charge on any atom is 0.269 e. The van der Waals surface area contributed by atoms with Gasteiger partial charge in [0.05, 0.1) is 14.2 Å². The summed E-state index contributed by atoms with van der Waals surface area (Å²) in [5.41, 5.74) is 1.46. The molecule has 0 unspecified atom stereocenters. The zero-order valence-electron chi connectivity index (χ0n) is 15.1. The highest BCUT2D eigenvalue weighted by Crippen LogP contribution is 2.27. The van der Waals surface area contributed by atoms with Crippen LogP contribution in [0.15, 0.2) is 36.4 Å². The fourth-order valence-electron chi connectivity index (χ4n) is 2.38. The van der Waals surface area contributed by atoms with E-state index >= 15 is 0 Å². The van der Waals surface area contributed by atoms with E-state index in [1.54, 1.807) is 20.3 Å². The van der Waals surface area contributed by atoms with Gasteiger partial charge in [-0.05, 0) is 50.1 Å². The predicted octanol–water partition coefficient (Wildman–Crippen LogP) is 2.89. The molecule has 0 radical (unpaired) electrons. The van der Waals surface area contributed by atoms with Gasteiger partial charge in [-0.3, -0.25) is 4.79 Å². The number of ether oxygens (including phenoxy) is 2. The third-order valence-electron chi connectivity index (χ3n) is 3.57. The minimum Gasteiger partial charge on any atom is -0.493 e. The van der Waals surface area contributed by atoms with Gasteiger partial charge in [0.1, 0.15) is 11.5 Å². The second-order valence-electron chi connectivity index (χ2n) is 5.90. The third kappa shape index (κ3) is 5.38. The van der Waals surface area contributed by atoms with Crippen molar-refractivity contribution in [3.63, 3.8) is 0 Å². The van der Waals surface area contributed by atoms with Crippen molar-refractivity contribution in [3.8, 4) is 11.5 Å². The van der Waals surface area contributed by atoms with Crippen LogP contribution in [0.5, 0.6) is 11.5 Å². The van der Waals surface area contributed by atoms with Gasteiger partial charge < -0.3 is 20.1 Å². The lowest BCUT2D eigenvalue weighted by molar-refractivity contribution is 0.0949. The second-order valence-corrected chi connectivity index (χ2v) is 5.90. The van der Waals surface area contributed by atoms with Gasteiger partial charge in [-0.25, -0.2) is 4.98 Å². The smallest absolute Gasteiger partial charge is 0.269 e. The molecule has 0 saturated heterocycles. The summed E-state index contributed by atoms with van der Waals surface area (Å²) in [4.78, 5) is 16.6. The molecule has 6 nitrogen and oxygen atoms in total. The Labute approximate surface area is 148 Å². The molecule has 0 fully saturated rings. The summed E-state index contributed by atoms with van der Waals surface area (Å²) in [6.45, 7) is 4.56. The number of rotatable bonds is 8. The van der Waals surface area contributed by atoms with E-state index in [1.165, 1.54) is 0 Å². The maximum absolute atomic E-state index is 12.3. The normalized spacial score (nSPS) is 10.4. The Morgan fingerprint density at radius 1 is 1.12 bits per heavy atom. The summed E-state index contributed by atoms with van der Waals surface area (Å²) in [6, 6.07) is 11.4. The number of anilines is 1. The first-order valence-corrected chi connectivity index (χ1v) is 8.26. The van der Waals surface area contributed by atoms with E-state index in [2.05, 4.69) is 15.6 Å². The molecule has 2 N–H and O–H groups in total. The van der Waals surface area contributed by atoms with Crippen LogP contribution in [0.2, 0.25) is 0 Å². The summed E-state index contributed by atoms with van der Waals surface area (Å²) >= 11 is 0. The van der Waals surface area contributed by atoms with Crippen LogP contribution in [0.3, 0.4) is 0 Å². The molecule has 0 atom stereocenters. The van der Waals surface area contributed by atoms with Gasteiger partial charge in [0.15, 0.2) is 11.5 Å². The third-order valence-corrected chi connectivity index (χ3v) is 3.57.